The zero-order chi connectivity index (χ0) is 14.1. The molecule has 0 saturated carbocycles. The molecule has 104 valence electrons. The zero-order valence-corrected chi connectivity index (χ0v) is 12.4. The molecule has 0 amide bonds. The molecule has 1 aromatic carbocycles. The van der Waals surface area contributed by atoms with E-state index in [9.17, 15) is 9.59 Å². The maximum absolute atomic E-state index is 11.8. The third-order valence-electron chi connectivity index (χ3n) is 3.51. The Morgan fingerprint density at radius 3 is 2.65 bits per heavy atom. The summed E-state index contributed by atoms with van der Waals surface area (Å²) in [6.45, 7) is 2.20. The van der Waals surface area contributed by atoms with Crippen LogP contribution in [0.25, 0.3) is 0 Å². The predicted molar refractivity (Wildman–Crippen MR) is 79.6 cm³/mol. The lowest BCUT2D eigenvalue weighted by atomic mass is 10.1. The number of fused-ring (bicyclic) bond motifs is 1. The third-order valence-corrected chi connectivity index (χ3v) is 4.04. The van der Waals surface area contributed by atoms with Gasteiger partial charge in [-0.1, -0.05) is 28.1 Å². The minimum Gasteiger partial charge on any atom is -0.311 e. The fraction of sp³-hybridized carbons (Fsp3) is 0.286. The second kappa shape index (κ2) is 5.38. The van der Waals surface area contributed by atoms with Crippen molar-refractivity contribution in [2.75, 3.05) is 6.54 Å². The highest BCUT2D eigenvalue weighted by atomic mass is 79.9. The van der Waals surface area contributed by atoms with E-state index in [4.69, 9.17) is 0 Å². The first kappa shape index (κ1) is 13.3. The lowest BCUT2D eigenvalue weighted by molar-refractivity contribution is 0.241. The molecule has 5 nitrogen and oxygen atoms in total. The van der Waals surface area contributed by atoms with E-state index in [0.717, 1.165) is 23.3 Å². The van der Waals surface area contributed by atoms with E-state index in [1.165, 1.54) is 5.56 Å². The smallest absolute Gasteiger partial charge is 0.311 e. The highest BCUT2D eigenvalue weighted by Gasteiger charge is 2.19. The number of hydrogen-bond donors (Lipinski definition) is 2. The molecule has 1 aliphatic heterocycles. The van der Waals surface area contributed by atoms with Gasteiger partial charge in [-0.25, -0.2) is 4.79 Å². The molecular formula is C14H14BrN3O2. The molecule has 1 aromatic heterocycles. The van der Waals surface area contributed by atoms with Gasteiger partial charge >= 0.3 is 5.69 Å². The number of aromatic amines is 2. The molecule has 0 saturated heterocycles. The van der Waals surface area contributed by atoms with Gasteiger partial charge in [0.05, 0.1) is 5.56 Å². The van der Waals surface area contributed by atoms with Crippen molar-refractivity contribution in [2.24, 2.45) is 0 Å². The van der Waals surface area contributed by atoms with Gasteiger partial charge in [-0.2, -0.15) is 0 Å². The Kier molecular flexibility index (Phi) is 3.58. The quantitative estimate of drug-likeness (QED) is 0.871. The summed E-state index contributed by atoms with van der Waals surface area (Å²) in [7, 11) is 0. The molecule has 0 radical (unpaired) electrons. The van der Waals surface area contributed by atoms with Crippen molar-refractivity contribution in [1.29, 1.82) is 0 Å². The predicted octanol–water partition coefficient (Wildman–Crippen LogP) is 1.38. The Bertz CT molecular complexity index is 733. The summed E-state index contributed by atoms with van der Waals surface area (Å²) in [5.74, 6) is 0. The monoisotopic (exact) mass is 335 g/mol. The van der Waals surface area contributed by atoms with Gasteiger partial charge in [-0.15, -0.1) is 0 Å². The number of nitrogens with one attached hydrogen (secondary N) is 2. The Morgan fingerprint density at radius 2 is 1.90 bits per heavy atom. The maximum atomic E-state index is 11.8. The maximum Gasteiger partial charge on any atom is 0.325 e. The SMILES string of the molecule is O=c1[nH]c2c(c(=O)[nH]1)CN(Cc1ccc(Br)cc1)CC2. The topological polar surface area (TPSA) is 69.0 Å². The van der Waals surface area contributed by atoms with Crippen LogP contribution in [-0.4, -0.2) is 21.4 Å². The molecule has 0 bridgehead atoms. The average molecular weight is 336 g/mol. The highest BCUT2D eigenvalue weighted by molar-refractivity contribution is 9.10. The molecule has 0 unspecified atom stereocenters. The molecule has 2 heterocycles. The fourth-order valence-electron chi connectivity index (χ4n) is 2.50. The van der Waals surface area contributed by atoms with Crippen LogP contribution in [0.5, 0.6) is 0 Å². The number of hydrogen-bond acceptors (Lipinski definition) is 3. The summed E-state index contributed by atoms with van der Waals surface area (Å²) in [6.07, 6.45) is 0.699. The molecule has 0 aliphatic carbocycles. The number of aromatic nitrogens is 2. The normalized spacial score (nSPS) is 15.1. The van der Waals surface area contributed by atoms with Gasteiger partial charge in [0, 0.05) is 36.2 Å². The molecule has 0 spiro atoms. The Labute approximate surface area is 123 Å². The molecule has 2 N–H and O–H groups in total. The number of benzene rings is 1. The third kappa shape index (κ3) is 2.76. The summed E-state index contributed by atoms with van der Waals surface area (Å²) >= 11 is 3.42. The van der Waals surface area contributed by atoms with Crippen molar-refractivity contribution >= 4 is 15.9 Å². The molecule has 0 fully saturated rings. The van der Waals surface area contributed by atoms with Crippen molar-refractivity contribution in [3.05, 3.63) is 66.4 Å². The van der Waals surface area contributed by atoms with Gasteiger partial charge in [-0.05, 0) is 17.7 Å². The van der Waals surface area contributed by atoms with E-state index in [-0.39, 0.29) is 5.56 Å². The second-order valence-electron chi connectivity index (χ2n) is 4.95. The van der Waals surface area contributed by atoms with E-state index >= 15 is 0 Å². The second-order valence-corrected chi connectivity index (χ2v) is 5.87. The molecule has 2 aromatic rings. The largest absolute Gasteiger partial charge is 0.325 e. The zero-order valence-electron chi connectivity index (χ0n) is 10.8. The number of halogens is 1. The van der Waals surface area contributed by atoms with Gasteiger partial charge in [-0.3, -0.25) is 14.7 Å². The Hall–Kier alpha value is -1.66. The Balaban J connectivity index is 1.80. The number of H-pyrrole nitrogens is 2. The summed E-state index contributed by atoms with van der Waals surface area (Å²) in [5.41, 5.74) is 1.95. The lowest BCUT2D eigenvalue weighted by Gasteiger charge is -2.27. The van der Waals surface area contributed by atoms with Crippen molar-refractivity contribution in [1.82, 2.24) is 14.9 Å². The molecule has 20 heavy (non-hydrogen) atoms. The van der Waals surface area contributed by atoms with Crippen LogP contribution in [0.3, 0.4) is 0 Å². The van der Waals surface area contributed by atoms with E-state index in [2.05, 4.69) is 42.9 Å². The molecule has 6 heteroatoms. The van der Waals surface area contributed by atoms with Crippen molar-refractivity contribution < 1.29 is 0 Å². The van der Waals surface area contributed by atoms with E-state index in [1.807, 2.05) is 12.1 Å². The number of rotatable bonds is 2. The van der Waals surface area contributed by atoms with Crippen molar-refractivity contribution in [2.45, 2.75) is 19.5 Å². The fourth-order valence-corrected chi connectivity index (χ4v) is 2.76. The molecule has 3 rings (SSSR count). The van der Waals surface area contributed by atoms with Crippen LogP contribution in [0.15, 0.2) is 38.3 Å². The van der Waals surface area contributed by atoms with Crippen LogP contribution in [-0.2, 0) is 19.5 Å². The van der Waals surface area contributed by atoms with E-state index < -0.39 is 5.69 Å². The van der Waals surface area contributed by atoms with Gasteiger partial charge in [0.15, 0.2) is 0 Å². The minimum atomic E-state index is -0.421. The summed E-state index contributed by atoms with van der Waals surface area (Å²) in [6, 6.07) is 8.16. The van der Waals surface area contributed by atoms with Crippen LogP contribution in [0.1, 0.15) is 16.8 Å². The minimum absolute atomic E-state index is 0.274. The van der Waals surface area contributed by atoms with Gasteiger partial charge in [0.2, 0.25) is 0 Å². The van der Waals surface area contributed by atoms with Crippen LogP contribution >= 0.6 is 15.9 Å². The lowest BCUT2D eigenvalue weighted by Crippen LogP contribution is -2.38. The average Bonchev–Trinajstić information content (AvgIpc) is 2.42. The highest BCUT2D eigenvalue weighted by Crippen LogP contribution is 2.17. The first-order valence-electron chi connectivity index (χ1n) is 6.43. The van der Waals surface area contributed by atoms with Crippen molar-refractivity contribution in [3.8, 4) is 0 Å². The van der Waals surface area contributed by atoms with Gasteiger partial charge in [0.1, 0.15) is 0 Å². The molecule has 0 atom stereocenters. The summed E-state index contributed by atoms with van der Waals surface area (Å²) in [5, 5.41) is 0. The van der Waals surface area contributed by atoms with Gasteiger partial charge in [0.25, 0.3) is 5.56 Å². The molecular weight excluding hydrogens is 322 g/mol. The van der Waals surface area contributed by atoms with E-state index in [1.54, 1.807) is 0 Å². The summed E-state index contributed by atoms with van der Waals surface area (Å²) < 4.78 is 1.05. The van der Waals surface area contributed by atoms with Crippen LogP contribution in [0, 0.1) is 0 Å². The van der Waals surface area contributed by atoms with Crippen LogP contribution in [0.4, 0.5) is 0 Å². The van der Waals surface area contributed by atoms with E-state index in [0.29, 0.717) is 18.5 Å². The van der Waals surface area contributed by atoms with Crippen molar-refractivity contribution in [3.63, 3.8) is 0 Å². The standard InChI is InChI=1S/C14H14BrN3O2/c15-10-3-1-9(2-4-10)7-18-6-5-12-11(8-18)13(19)17-14(20)16-12/h1-4H,5-8H2,(H2,16,17,19,20). The van der Waals surface area contributed by atoms with Crippen LogP contribution < -0.4 is 11.2 Å². The number of nitrogens with zero attached hydrogens (tertiary/aromatic N) is 1. The Morgan fingerprint density at radius 1 is 1.15 bits per heavy atom. The first-order valence-corrected chi connectivity index (χ1v) is 7.22. The first-order chi connectivity index (χ1) is 9.61. The van der Waals surface area contributed by atoms with Gasteiger partial charge < -0.3 is 4.98 Å². The van der Waals surface area contributed by atoms with Crippen LogP contribution in [0.2, 0.25) is 0 Å². The molecule has 1 aliphatic rings. The summed E-state index contributed by atoms with van der Waals surface area (Å²) in [4.78, 5) is 30.3.